The number of nitrogens with two attached hydrogens (primary N) is 1. The largest absolute Gasteiger partial charge is 0.542 e. The summed E-state index contributed by atoms with van der Waals surface area (Å²) in [5.74, 6) is -1.48. The SMILES string of the molecule is NC(=S)C(=O)[O-]. The second kappa shape index (κ2) is 1.71. The molecule has 0 aromatic carbocycles. The monoisotopic (exact) mass is 104 g/mol. The minimum absolute atomic E-state index is 0.602. The molecule has 0 radical (unpaired) electrons. The lowest BCUT2D eigenvalue weighted by atomic mass is 10.7. The summed E-state index contributed by atoms with van der Waals surface area (Å²) >= 11 is 3.94. The zero-order valence-corrected chi connectivity index (χ0v) is 3.62. The summed E-state index contributed by atoms with van der Waals surface area (Å²) in [6.07, 6.45) is 0. The fourth-order valence-corrected chi connectivity index (χ4v) is 0. The van der Waals surface area contributed by atoms with Gasteiger partial charge in [-0.05, 0) is 0 Å². The van der Waals surface area contributed by atoms with Gasteiger partial charge in [-0.2, -0.15) is 0 Å². The second-order valence-electron chi connectivity index (χ2n) is 0.652. The van der Waals surface area contributed by atoms with Gasteiger partial charge in [-0.25, -0.2) is 0 Å². The number of hydrogen-bond acceptors (Lipinski definition) is 3. The van der Waals surface area contributed by atoms with Crippen molar-refractivity contribution in [1.82, 2.24) is 0 Å². The smallest absolute Gasteiger partial charge is 0.119 e. The van der Waals surface area contributed by atoms with E-state index >= 15 is 0 Å². The zero-order valence-electron chi connectivity index (χ0n) is 2.80. The van der Waals surface area contributed by atoms with E-state index in [1.165, 1.54) is 0 Å². The van der Waals surface area contributed by atoms with Gasteiger partial charge >= 0.3 is 0 Å². The van der Waals surface area contributed by atoms with Crippen molar-refractivity contribution in [2.75, 3.05) is 0 Å². The van der Waals surface area contributed by atoms with E-state index in [0.717, 1.165) is 0 Å². The molecule has 2 N–H and O–H groups in total. The highest BCUT2D eigenvalue weighted by molar-refractivity contribution is 7.81. The lowest BCUT2D eigenvalue weighted by Gasteiger charge is -1.91. The summed E-state index contributed by atoms with van der Waals surface area (Å²) in [7, 11) is 0. The Bertz CT molecular complexity index is 77.5. The second-order valence-corrected chi connectivity index (χ2v) is 1.09. The van der Waals surface area contributed by atoms with Gasteiger partial charge < -0.3 is 15.6 Å². The molecule has 0 saturated carbocycles. The maximum atomic E-state index is 9.32. The van der Waals surface area contributed by atoms with Crippen LogP contribution in [0.4, 0.5) is 0 Å². The Morgan fingerprint density at radius 3 is 2.00 bits per heavy atom. The summed E-state index contributed by atoms with van der Waals surface area (Å²) in [5.41, 5.74) is 4.50. The lowest BCUT2D eigenvalue weighted by Crippen LogP contribution is -2.35. The van der Waals surface area contributed by atoms with Crippen molar-refractivity contribution in [2.45, 2.75) is 0 Å². The predicted octanol–water partition coefficient (Wildman–Crippen LogP) is -1.98. The molecule has 0 fully saturated rings. The molecule has 0 heterocycles. The van der Waals surface area contributed by atoms with E-state index in [9.17, 15) is 9.90 Å². The van der Waals surface area contributed by atoms with Crippen LogP contribution in [-0.4, -0.2) is 11.0 Å². The van der Waals surface area contributed by atoms with E-state index in [-0.39, 0.29) is 0 Å². The fourth-order valence-electron chi connectivity index (χ4n) is 0. The quantitative estimate of drug-likeness (QED) is 0.362. The Morgan fingerprint density at radius 2 is 2.00 bits per heavy atom. The van der Waals surface area contributed by atoms with Crippen molar-refractivity contribution in [1.29, 1.82) is 0 Å². The number of carbonyl (C=O) groups is 1. The molecule has 0 aromatic heterocycles. The Balaban J connectivity index is 3.57. The van der Waals surface area contributed by atoms with Crippen LogP contribution in [0.2, 0.25) is 0 Å². The van der Waals surface area contributed by atoms with E-state index in [1.54, 1.807) is 0 Å². The molecule has 0 saturated heterocycles. The van der Waals surface area contributed by atoms with E-state index in [2.05, 4.69) is 18.0 Å². The Labute approximate surface area is 39.8 Å². The van der Waals surface area contributed by atoms with Crippen LogP contribution in [0.25, 0.3) is 0 Å². The summed E-state index contributed by atoms with van der Waals surface area (Å²) < 4.78 is 0. The van der Waals surface area contributed by atoms with E-state index in [4.69, 9.17) is 0 Å². The van der Waals surface area contributed by atoms with Gasteiger partial charge in [0.1, 0.15) is 4.99 Å². The first-order valence-corrected chi connectivity index (χ1v) is 1.56. The average Bonchev–Trinajstić information content (AvgIpc) is 1.36. The van der Waals surface area contributed by atoms with E-state index < -0.39 is 11.0 Å². The summed E-state index contributed by atoms with van der Waals surface area (Å²) in [4.78, 5) is 8.72. The van der Waals surface area contributed by atoms with Gasteiger partial charge in [0.05, 0.1) is 5.97 Å². The fraction of sp³-hybridized carbons (Fsp3) is 0. The van der Waals surface area contributed by atoms with Crippen LogP contribution in [0.15, 0.2) is 0 Å². The van der Waals surface area contributed by atoms with Gasteiger partial charge in [-0.3, -0.25) is 0 Å². The molecule has 6 heavy (non-hydrogen) atoms. The van der Waals surface area contributed by atoms with Crippen molar-refractivity contribution < 1.29 is 9.90 Å². The highest BCUT2D eigenvalue weighted by atomic mass is 32.1. The molecule has 34 valence electrons. The van der Waals surface area contributed by atoms with Crippen molar-refractivity contribution in [2.24, 2.45) is 5.73 Å². The third-order valence-electron chi connectivity index (χ3n) is 0.201. The lowest BCUT2D eigenvalue weighted by molar-refractivity contribution is -0.293. The molecule has 0 aliphatic rings. The number of carbonyl (C=O) groups excluding carboxylic acids is 1. The number of thiocarbonyl (C=S) groups is 1. The zero-order chi connectivity index (χ0) is 5.15. The molecule has 0 aliphatic heterocycles. The average molecular weight is 104 g/mol. The van der Waals surface area contributed by atoms with E-state index in [1.807, 2.05) is 0 Å². The molecule has 0 rings (SSSR count). The first kappa shape index (κ1) is 5.36. The normalized spacial score (nSPS) is 7.33. The summed E-state index contributed by atoms with van der Waals surface area (Å²) in [5, 5.41) is 9.32. The highest BCUT2D eigenvalue weighted by Gasteiger charge is 1.80. The molecule has 4 heteroatoms. The van der Waals surface area contributed by atoms with Crippen LogP contribution in [0.3, 0.4) is 0 Å². The molecular formula is C2H2NO2S-. The predicted molar refractivity (Wildman–Crippen MR) is 21.8 cm³/mol. The van der Waals surface area contributed by atoms with Gasteiger partial charge in [0.25, 0.3) is 0 Å². The third-order valence-corrected chi connectivity index (χ3v) is 0.368. The first-order chi connectivity index (χ1) is 2.64. The van der Waals surface area contributed by atoms with Gasteiger partial charge in [-0.1, -0.05) is 12.2 Å². The molecule has 0 aromatic rings. The van der Waals surface area contributed by atoms with Crippen molar-refractivity contribution >= 4 is 23.2 Å². The molecule has 0 aliphatic carbocycles. The maximum Gasteiger partial charge on any atom is 0.119 e. The van der Waals surface area contributed by atoms with Gasteiger partial charge in [0.2, 0.25) is 0 Å². The summed E-state index contributed by atoms with van der Waals surface area (Å²) in [6.45, 7) is 0. The van der Waals surface area contributed by atoms with Crippen LogP contribution in [0.1, 0.15) is 0 Å². The molecule has 0 spiro atoms. The molecule has 0 unspecified atom stereocenters. The molecule has 0 atom stereocenters. The van der Waals surface area contributed by atoms with Crippen LogP contribution in [0, 0.1) is 0 Å². The van der Waals surface area contributed by atoms with Gasteiger partial charge in [0, 0.05) is 0 Å². The number of carboxylic acid groups (broad SMARTS) is 1. The van der Waals surface area contributed by atoms with Crippen LogP contribution in [-0.2, 0) is 4.79 Å². The topological polar surface area (TPSA) is 66.2 Å². The van der Waals surface area contributed by atoms with E-state index in [0.29, 0.717) is 0 Å². The maximum absolute atomic E-state index is 9.32. The number of carboxylic acids is 1. The summed E-state index contributed by atoms with van der Waals surface area (Å²) in [6, 6.07) is 0. The van der Waals surface area contributed by atoms with Crippen LogP contribution < -0.4 is 10.8 Å². The Hall–Kier alpha value is -0.640. The first-order valence-electron chi connectivity index (χ1n) is 1.15. The van der Waals surface area contributed by atoms with Crippen molar-refractivity contribution in [3.63, 3.8) is 0 Å². The van der Waals surface area contributed by atoms with Crippen LogP contribution >= 0.6 is 12.2 Å². The van der Waals surface area contributed by atoms with Crippen LogP contribution in [0.5, 0.6) is 0 Å². The number of aliphatic carboxylic acids is 1. The number of rotatable bonds is 0. The number of hydrogen-bond donors (Lipinski definition) is 1. The standard InChI is InChI=1S/C2H3NO2S/c3-1(6)2(4)5/h(H2,3,6)(H,4,5)/p-1. The molecular weight excluding hydrogens is 102 g/mol. The minimum Gasteiger partial charge on any atom is -0.542 e. The molecule has 0 bridgehead atoms. The Morgan fingerprint density at radius 1 is 1.83 bits per heavy atom. The highest BCUT2D eigenvalue weighted by Crippen LogP contribution is 1.54. The molecule has 0 amide bonds. The van der Waals surface area contributed by atoms with Crippen molar-refractivity contribution in [3.05, 3.63) is 0 Å². The van der Waals surface area contributed by atoms with Gasteiger partial charge in [-0.15, -0.1) is 0 Å². The Kier molecular flexibility index (Phi) is 1.53. The van der Waals surface area contributed by atoms with Crippen molar-refractivity contribution in [3.8, 4) is 0 Å². The minimum atomic E-state index is -1.48. The third kappa shape index (κ3) is 1.66. The van der Waals surface area contributed by atoms with Gasteiger partial charge in [0.15, 0.2) is 0 Å². The molecule has 3 nitrogen and oxygen atoms in total.